The molecule has 0 saturated carbocycles. The van der Waals surface area contributed by atoms with Crippen molar-refractivity contribution < 1.29 is 14.3 Å². The van der Waals surface area contributed by atoms with Gasteiger partial charge < -0.3 is 14.8 Å². The first-order chi connectivity index (χ1) is 13.5. The number of rotatable bonds is 7. The van der Waals surface area contributed by atoms with Crippen molar-refractivity contribution in [2.45, 2.75) is 38.6 Å². The van der Waals surface area contributed by atoms with E-state index < -0.39 is 0 Å². The number of anilines is 1. The SMILES string of the molecule is COc1ccc([C@H]2CCCN2CC(=O)Nc2ccccc2C(C)C)c(OC)c1. The molecule has 0 unspecified atom stereocenters. The van der Waals surface area contributed by atoms with Gasteiger partial charge in [0, 0.05) is 23.4 Å². The normalized spacial score (nSPS) is 17.0. The van der Waals surface area contributed by atoms with Crippen LogP contribution in [0.25, 0.3) is 0 Å². The molecule has 0 radical (unpaired) electrons. The summed E-state index contributed by atoms with van der Waals surface area (Å²) in [7, 11) is 3.32. The van der Waals surface area contributed by atoms with Crippen LogP contribution in [0.3, 0.4) is 0 Å². The van der Waals surface area contributed by atoms with Gasteiger partial charge in [0.25, 0.3) is 0 Å². The van der Waals surface area contributed by atoms with Crippen LogP contribution in [0.1, 0.15) is 49.8 Å². The molecule has 150 valence electrons. The van der Waals surface area contributed by atoms with Crippen molar-refractivity contribution in [3.05, 3.63) is 53.6 Å². The fourth-order valence-electron chi connectivity index (χ4n) is 3.95. The van der Waals surface area contributed by atoms with Crippen molar-refractivity contribution in [2.75, 3.05) is 32.6 Å². The summed E-state index contributed by atoms with van der Waals surface area (Å²) in [6, 6.07) is 14.1. The van der Waals surface area contributed by atoms with Crippen molar-refractivity contribution in [1.82, 2.24) is 4.90 Å². The second-order valence-corrected chi connectivity index (χ2v) is 7.53. The van der Waals surface area contributed by atoms with Crippen LogP contribution in [0.15, 0.2) is 42.5 Å². The summed E-state index contributed by atoms with van der Waals surface area (Å²) in [5, 5.41) is 3.11. The Balaban J connectivity index is 1.73. The van der Waals surface area contributed by atoms with Crippen molar-refractivity contribution in [1.29, 1.82) is 0 Å². The molecule has 2 aromatic carbocycles. The highest BCUT2D eigenvalue weighted by molar-refractivity contribution is 5.93. The molecule has 1 heterocycles. The topological polar surface area (TPSA) is 50.8 Å². The second-order valence-electron chi connectivity index (χ2n) is 7.53. The first-order valence-electron chi connectivity index (χ1n) is 9.88. The van der Waals surface area contributed by atoms with E-state index in [-0.39, 0.29) is 11.9 Å². The van der Waals surface area contributed by atoms with E-state index in [1.54, 1.807) is 14.2 Å². The average molecular weight is 383 g/mol. The lowest BCUT2D eigenvalue weighted by Crippen LogP contribution is -2.33. The van der Waals surface area contributed by atoms with Crippen LogP contribution in [0.4, 0.5) is 5.69 Å². The molecular formula is C23H30N2O3. The minimum Gasteiger partial charge on any atom is -0.497 e. The maximum absolute atomic E-state index is 12.8. The number of benzene rings is 2. The molecule has 1 saturated heterocycles. The molecule has 1 amide bonds. The van der Waals surface area contributed by atoms with Crippen molar-refractivity contribution >= 4 is 11.6 Å². The summed E-state index contributed by atoms with van der Waals surface area (Å²) in [6.45, 7) is 5.54. The first-order valence-corrected chi connectivity index (χ1v) is 9.88. The maximum Gasteiger partial charge on any atom is 0.238 e. The number of ether oxygens (including phenoxy) is 2. The highest BCUT2D eigenvalue weighted by Gasteiger charge is 2.30. The third-order valence-corrected chi connectivity index (χ3v) is 5.37. The highest BCUT2D eigenvalue weighted by Crippen LogP contribution is 2.38. The van der Waals surface area contributed by atoms with E-state index in [1.165, 1.54) is 0 Å². The zero-order valence-corrected chi connectivity index (χ0v) is 17.2. The predicted octanol–water partition coefficient (Wildman–Crippen LogP) is 4.60. The summed E-state index contributed by atoms with van der Waals surface area (Å²) in [5.41, 5.74) is 3.17. The summed E-state index contributed by atoms with van der Waals surface area (Å²) in [6.07, 6.45) is 2.08. The molecule has 0 aliphatic carbocycles. The highest BCUT2D eigenvalue weighted by atomic mass is 16.5. The lowest BCUT2D eigenvalue weighted by atomic mass is 10.0. The molecule has 1 fully saturated rings. The maximum atomic E-state index is 12.8. The number of methoxy groups -OCH3 is 2. The van der Waals surface area contributed by atoms with E-state index >= 15 is 0 Å². The fraction of sp³-hybridized carbons (Fsp3) is 0.435. The van der Waals surface area contributed by atoms with Gasteiger partial charge in [-0.15, -0.1) is 0 Å². The number of nitrogens with one attached hydrogen (secondary N) is 1. The molecule has 0 bridgehead atoms. The van der Waals surface area contributed by atoms with E-state index in [0.717, 1.165) is 47.7 Å². The molecule has 0 aromatic heterocycles. The van der Waals surface area contributed by atoms with Crippen LogP contribution in [0.5, 0.6) is 11.5 Å². The molecule has 1 atom stereocenters. The molecule has 1 N–H and O–H groups in total. The minimum absolute atomic E-state index is 0.0208. The van der Waals surface area contributed by atoms with Crippen LogP contribution >= 0.6 is 0 Å². The Morgan fingerprint density at radius 3 is 2.68 bits per heavy atom. The Hall–Kier alpha value is -2.53. The Morgan fingerprint density at radius 2 is 1.96 bits per heavy atom. The van der Waals surface area contributed by atoms with Crippen LogP contribution < -0.4 is 14.8 Å². The van der Waals surface area contributed by atoms with Crippen LogP contribution in [0, 0.1) is 0 Å². The summed E-state index contributed by atoms with van der Waals surface area (Å²) in [5.74, 6) is 1.96. The molecule has 5 nitrogen and oxygen atoms in total. The predicted molar refractivity (Wildman–Crippen MR) is 112 cm³/mol. The van der Waals surface area contributed by atoms with Gasteiger partial charge in [0.1, 0.15) is 11.5 Å². The number of nitrogens with zero attached hydrogens (tertiary/aromatic N) is 1. The van der Waals surface area contributed by atoms with E-state index in [4.69, 9.17) is 9.47 Å². The Labute approximate surface area is 167 Å². The second kappa shape index (κ2) is 9.11. The number of hydrogen-bond acceptors (Lipinski definition) is 4. The number of carbonyl (C=O) groups is 1. The van der Waals surface area contributed by atoms with Gasteiger partial charge in [-0.05, 0) is 43.0 Å². The monoisotopic (exact) mass is 382 g/mol. The first kappa shape index (κ1) is 20.2. The number of carbonyl (C=O) groups excluding carboxylic acids is 1. The van der Waals surface area contributed by atoms with E-state index in [0.29, 0.717) is 12.5 Å². The van der Waals surface area contributed by atoms with Crippen molar-refractivity contribution in [3.63, 3.8) is 0 Å². The number of likely N-dealkylation sites (tertiary alicyclic amines) is 1. The lowest BCUT2D eigenvalue weighted by molar-refractivity contribution is -0.117. The van der Waals surface area contributed by atoms with Gasteiger partial charge in [-0.2, -0.15) is 0 Å². The van der Waals surface area contributed by atoms with Gasteiger partial charge in [0.2, 0.25) is 5.91 Å². The Morgan fingerprint density at radius 1 is 1.18 bits per heavy atom. The molecular weight excluding hydrogens is 352 g/mol. The molecule has 5 heteroatoms. The molecule has 1 aliphatic rings. The van der Waals surface area contributed by atoms with Gasteiger partial charge in [-0.1, -0.05) is 38.1 Å². The van der Waals surface area contributed by atoms with Crippen LogP contribution in [-0.2, 0) is 4.79 Å². The number of para-hydroxylation sites is 1. The summed E-state index contributed by atoms with van der Waals surface area (Å²) >= 11 is 0. The molecule has 28 heavy (non-hydrogen) atoms. The quantitative estimate of drug-likeness (QED) is 0.760. The van der Waals surface area contributed by atoms with E-state index in [1.807, 2.05) is 36.4 Å². The van der Waals surface area contributed by atoms with E-state index in [2.05, 4.69) is 30.1 Å². The largest absolute Gasteiger partial charge is 0.497 e. The number of amides is 1. The average Bonchev–Trinajstić information content (AvgIpc) is 3.15. The summed E-state index contributed by atoms with van der Waals surface area (Å²) < 4.78 is 10.9. The number of hydrogen-bond donors (Lipinski definition) is 1. The molecule has 1 aliphatic heterocycles. The van der Waals surface area contributed by atoms with Gasteiger partial charge >= 0.3 is 0 Å². The molecule has 0 spiro atoms. The zero-order chi connectivity index (χ0) is 20.1. The fourth-order valence-corrected chi connectivity index (χ4v) is 3.95. The van der Waals surface area contributed by atoms with Gasteiger partial charge in [-0.25, -0.2) is 0 Å². The third-order valence-electron chi connectivity index (χ3n) is 5.37. The summed E-state index contributed by atoms with van der Waals surface area (Å²) in [4.78, 5) is 15.0. The van der Waals surface area contributed by atoms with Gasteiger partial charge in [0.15, 0.2) is 0 Å². The van der Waals surface area contributed by atoms with Crippen molar-refractivity contribution in [2.24, 2.45) is 0 Å². The lowest BCUT2D eigenvalue weighted by Gasteiger charge is -2.26. The van der Waals surface area contributed by atoms with Crippen LogP contribution in [0.2, 0.25) is 0 Å². The van der Waals surface area contributed by atoms with Crippen molar-refractivity contribution in [3.8, 4) is 11.5 Å². The minimum atomic E-state index is 0.0208. The standard InChI is InChI=1S/C23H30N2O3/c1-16(2)18-8-5-6-9-20(18)24-23(26)15-25-13-7-10-21(25)19-12-11-17(27-3)14-22(19)28-4/h5-6,8-9,11-12,14,16,21H,7,10,13,15H2,1-4H3,(H,24,26)/t21-/m1/s1. The van der Waals surface area contributed by atoms with Gasteiger partial charge in [0.05, 0.1) is 20.8 Å². The smallest absolute Gasteiger partial charge is 0.238 e. The molecule has 2 aromatic rings. The van der Waals surface area contributed by atoms with E-state index in [9.17, 15) is 4.79 Å². The Kier molecular flexibility index (Phi) is 6.57. The zero-order valence-electron chi connectivity index (χ0n) is 17.2. The molecule has 3 rings (SSSR count). The van der Waals surface area contributed by atoms with Gasteiger partial charge in [-0.3, -0.25) is 9.69 Å². The van der Waals surface area contributed by atoms with Crippen LogP contribution in [-0.4, -0.2) is 38.1 Å². The third kappa shape index (κ3) is 4.47. The Bertz CT molecular complexity index is 819.